The van der Waals surface area contributed by atoms with Gasteiger partial charge in [-0.2, -0.15) is 49.0 Å². The van der Waals surface area contributed by atoms with Crippen molar-refractivity contribution in [3.05, 3.63) is 60.7 Å². The topological polar surface area (TPSA) is 267 Å². The molecule has 0 fully saturated rings. The Morgan fingerprint density at radius 1 is 0.421 bits per heavy atom. The van der Waals surface area contributed by atoms with Crippen molar-refractivity contribution in [2.24, 2.45) is 20.5 Å². The molecular formula is C18H14N4O12S4. The van der Waals surface area contributed by atoms with Crippen molar-refractivity contribution in [3.63, 3.8) is 0 Å². The van der Waals surface area contributed by atoms with E-state index in [1.165, 1.54) is 0 Å². The summed E-state index contributed by atoms with van der Waals surface area (Å²) in [7, 11) is -19.4. The molecular weight excluding hydrogens is 592 g/mol. The molecule has 0 spiro atoms. The highest BCUT2D eigenvalue weighted by Gasteiger charge is 2.27. The number of rotatable bonds is 8. The summed E-state index contributed by atoms with van der Waals surface area (Å²) >= 11 is 0. The third-order valence-corrected chi connectivity index (χ3v) is 7.87. The molecule has 3 aromatic carbocycles. The van der Waals surface area contributed by atoms with Gasteiger partial charge in [0.05, 0.1) is 26.9 Å². The summed E-state index contributed by atoms with van der Waals surface area (Å²) in [4.78, 5) is -3.26. The maximum absolute atomic E-state index is 12.0. The zero-order valence-electron chi connectivity index (χ0n) is 18.3. The quantitative estimate of drug-likeness (QED) is 0.212. The molecule has 0 amide bonds. The van der Waals surface area contributed by atoms with Gasteiger partial charge in [-0.25, -0.2) is 0 Å². The van der Waals surface area contributed by atoms with Crippen LogP contribution in [0.1, 0.15) is 0 Å². The van der Waals surface area contributed by atoms with Gasteiger partial charge in [0.25, 0.3) is 40.5 Å². The Hall–Kier alpha value is -3.50. The molecule has 4 N–H and O–H groups in total. The van der Waals surface area contributed by atoms with Crippen LogP contribution in [0, 0.1) is 0 Å². The Morgan fingerprint density at radius 2 is 0.737 bits per heavy atom. The van der Waals surface area contributed by atoms with Gasteiger partial charge >= 0.3 is 0 Å². The van der Waals surface area contributed by atoms with Crippen LogP contribution >= 0.6 is 0 Å². The lowest BCUT2D eigenvalue weighted by atomic mass is 10.3. The van der Waals surface area contributed by atoms with Crippen molar-refractivity contribution in [2.75, 3.05) is 0 Å². The van der Waals surface area contributed by atoms with E-state index in [4.69, 9.17) is 9.11 Å². The van der Waals surface area contributed by atoms with Crippen molar-refractivity contribution < 1.29 is 51.9 Å². The van der Waals surface area contributed by atoms with Gasteiger partial charge in [-0.15, -0.1) is 5.11 Å². The van der Waals surface area contributed by atoms with Crippen LogP contribution in [0.4, 0.5) is 22.7 Å². The lowest BCUT2D eigenvalue weighted by molar-refractivity contribution is 0.478. The first kappa shape index (κ1) is 29.1. The van der Waals surface area contributed by atoms with Crippen LogP contribution in [0.25, 0.3) is 0 Å². The molecule has 0 aliphatic carbocycles. The van der Waals surface area contributed by atoms with Gasteiger partial charge in [-0.3, -0.25) is 18.2 Å². The standard InChI is InChI=1S/C18H14N4O12S4/c23-35(24,25)14-5-1-11(2-6-14)19-21-13-9-16(37(29,30)31)18(17(10-13)38(32,33)34)22-20-12-3-7-15(8-4-12)36(26,27)28/h1-10H,(H,23,24,25)(H,26,27,28)(H,29,30,31)(H,32,33,34). The van der Waals surface area contributed by atoms with E-state index in [2.05, 4.69) is 20.5 Å². The number of hydrogen-bond donors (Lipinski definition) is 4. The third-order valence-electron chi connectivity index (χ3n) is 4.40. The van der Waals surface area contributed by atoms with Crippen molar-refractivity contribution >= 4 is 63.2 Å². The summed E-state index contributed by atoms with van der Waals surface area (Å²) in [6.45, 7) is 0. The second-order valence-corrected chi connectivity index (χ2v) is 12.7. The molecule has 0 radical (unpaired) electrons. The molecule has 0 unspecified atom stereocenters. The van der Waals surface area contributed by atoms with E-state index in [-0.39, 0.29) is 11.4 Å². The number of azo groups is 2. The fraction of sp³-hybridized carbons (Fsp3) is 0. The smallest absolute Gasteiger partial charge is 0.282 e. The molecule has 0 saturated carbocycles. The van der Waals surface area contributed by atoms with Gasteiger partial charge in [-0.1, -0.05) is 0 Å². The van der Waals surface area contributed by atoms with Gasteiger partial charge in [0.2, 0.25) is 0 Å². The largest absolute Gasteiger partial charge is 0.296 e. The van der Waals surface area contributed by atoms with Crippen LogP contribution in [-0.2, 0) is 40.5 Å². The fourth-order valence-electron chi connectivity index (χ4n) is 2.71. The van der Waals surface area contributed by atoms with Gasteiger partial charge in [-0.05, 0) is 60.7 Å². The number of benzene rings is 3. The Bertz CT molecular complexity index is 1830. The lowest BCUT2D eigenvalue weighted by Gasteiger charge is -2.08. The second kappa shape index (κ2) is 10.3. The van der Waals surface area contributed by atoms with Gasteiger partial charge in [0.15, 0.2) is 0 Å². The normalized spacial score (nSPS) is 13.4. The van der Waals surface area contributed by atoms with E-state index in [1.54, 1.807) is 0 Å². The summed E-state index contributed by atoms with van der Waals surface area (Å²) < 4.78 is 130. The van der Waals surface area contributed by atoms with Crippen LogP contribution in [0.3, 0.4) is 0 Å². The first-order valence-corrected chi connectivity index (χ1v) is 15.2. The van der Waals surface area contributed by atoms with E-state index in [0.717, 1.165) is 48.5 Å². The fourth-order valence-corrected chi connectivity index (χ4v) is 5.06. The minimum absolute atomic E-state index is 0.0173. The maximum Gasteiger partial charge on any atom is 0.296 e. The molecule has 20 heteroatoms. The lowest BCUT2D eigenvalue weighted by Crippen LogP contribution is -2.04. The van der Waals surface area contributed by atoms with Crippen LogP contribution in [-0.4, -0.2) is 51.9 Å². The summed E-state index contributed by atoms with van der Waals surface area (Å²) in [6, 6.07) is 9.36. The SMILES string of the molecule is O=S(=O)(O)c1ccc(N=Nc2cc(S(=O)(=O)O)c(N=Nc3ccc(S(=O)(=O)O)cc3)c(S(=O)(=O)O)c2)cc1. The van der Waals surface area contributed by atoms with Crippen molar-refractivity contribution in [2.45, 2.75) is 19.6 Å². The Morgan fingerprint density at radius 3 is 1.05 bits per heavy atom. The molecule has 38 heavy (non-hydrogen) atoms. The van der Waals surface area contributed by atoms with E-state index >= 15 is 0 Å². The van der Waals surface area contributed by atoms with Crippen molar-refractivity contribution in [1.82, 2.24) is 0 Å². The zero-order chi connectivity index (χ0) is 28.5. The average molecular weight is 607 g/mol. The first-order valence-electron chi connectivity index (χ1n) is 9.47. The Kier molecular flexibility index (Phi) is 7.91. The molecule has 0 aliphatic rings. The summed E-state index contributed by atoms with van der Waals surface area (Å²) in [5.41, 5.74) is -1.70. The van der Waals surface area contributed by atoms with Crippen LogP contribution in [0.15, 0.2) is 101 Å². The highest BCUT2D eigenvalue weighted by molar-refractivity contribution is 7.87. The zero-order valence-corrected chi connectivity index (χ0v) is 21.5. The summed E-state index contributed by atoms with van der Waals surface area (Å²) in [6.07, 6.45) is 0. The summed E-state index contributed by atoms with van der Waals surface area (Å²) in [5, 5.41) is 14.3. The molecule has 0 aliphatic heterocycles. The third kappa shape index (κ3) is 7.29. The molecule has 3 aromatic rings. The van der Waals surface area contributed by atoms with Crippen LogP contribution < -0.4 is 0 Å². The number of hydrogen-bond acceptors (Lipinski definition) is 12. The van der Waals surface area contributed by atoms with Crippen molar-refractivity contribution in [3.8, 4) is 0 Å². The molecule has 16 nitrogen and oxygen atoms in total. The van der Waals surface area contributed by atoms with Crippen LogP contribution in [0.2, 0.25) is 0 Å². The molecule has 3 rings (SSSR count). The highest BCUT2D eigenvalue weighted by Crippen LogP contribution is 2.37. The highest BCUT2D eigenvalue weighted by atomic mass is 32.2. The minimum Gasteiger partial charge on any atom is -0.282 e. The van der Waals surface area contributed by atoms with E-state index < -0.39 is 71.4 Å². The van der Waals surface area contributed by atoms with Gasteiger partial charge in [0.1, 0.15) is 15.5 Å². The van der Waals surface area contributed by atoms with Crippen molar-refractivity contribution in [1.29, 1.82) is 0 Å². The molecule has 0 atom stereocenters. The molecule has 202 valence electrons. The van der Waals surface area contributed by atoms with E-state index in [9.17, 15) is 42.8 Å². The Labute approximate surface area is 215 Å². The number of nitrogens with zero attached hydrogens (tertiary/aromatic N) is 4. The molecule has 0 saturated heterocycles. The van der Waals surface area contributed by atoms with E-state index in [0.29, 0.717) is 12.1 Å². The predicted octanol–water partition coefficient (Wildman–Crippen LogP) is 3.50. The van der Waals surface area contributed by atoms with E-state index in [1.807, 2.05) is 0 Å². The molecule has 0 bridgehead atoms. The van der Waals surface area contributed by atoms with Gasteiger partial charge < -0.3 is 0 Å². The monoisotopic (exact) mass is 606 g/mol. The second-order valence-electron chi connectivity index (χ2n) is 7.08. The molecule has 0 aromatic heterocycles. The molecule has 0 heterocycles. The van der Waals surface area contributed by atoms with Crippen LogP contribution in [0.5, 0.6) is 0 Å². The Balaban J connectivity index is 2.11. The minimum atomic E-state index is -5.21. The van der Waals surface area contributed by atoms with Gasteiger partial charge in [0, 0.05) is 0 Å². The average Bonchev–Trinajstić information content (AvgIpc) is 2.79. The predicted molar refractivity (Wildman–Crippen MR) is 127 cm³/mol. The first-order chi connectivity index (χ1) is 17.4. The summed E-state index contributed by atoms with van der Waals surface area (Å²) in [5.74, 6) is 0. The maximum atomic E-state index is 12.0.